The second-order valence-corrected chi connectivity index (χ2v) is 15.2. The third-order valence-corrected chi connectivity index (χ3v) is 9.22. The average molecular weight is 681 g/mol. The van der Waals surface area contributed by atoms with Gasteiger partial charge in [-0.3, -0.25) is 14.4 Å². The summed E-state index contributed by atoms with van der Waals surface area (Å²) in [6.07, 6.45) is 31.2. The molecule has 0 amide bonds. The molecule has 1 atom stereocenters. The summed E-state index contributed by atoms with van der Waals surface area (Å²) in [5.41, 5.74) is 0. The highest BCUT2D eigenvalue weighted by Crippen LogP contribution is 2.16. The fourth-order valence-electron chi connectivity index (χ4n) is 6.05. The Labute approximate surface area is 298 Å². The predicted octanol–water partition coefficient (Wildman–Crippen LogP) is 12.6. The molecular weight excluding hydrogens is 600 g/mol. The lowest BCUT2D eigenvalue weighted by Crippen LogP contribution is -2.30. The van der Waals surface area contributed by atoms with Gasteiger partial charge in [-0.25, -0.2) is 0 Å². The summed E-state index contributed by atoms with van der Waals surface area (Å²) >= 11 is 0. The van der Waals surface area contributed by atoms with Crippen LogP contribution in [0.2, 0.25) is 0 Å². The molecule has 0 unspecified atom stereocenters. The molecule has 6 nitrogen and oxygen atoms in total. The van der Waals surface area contributed by atoms with E-state index in [0.717, 1.165) is 76.0 Å². The zero-order valence-electron chi connectivity index (χ0n) is 32.6. The first-order valence-corrected chi connectivity index (χ1v) is 20.7. The van der Waals surface area contributed by atoms with E-state index in [4.69, 9.17) is 14.2 Å². The molecule has 0 fully saturated rings. The van der Waals surface area contributed by atoms with Crippen molar-refractivity contribution in [1.29, 1.82) is 0 Å². The van der Waals surface area contributed by atoms with Crippen LogP contribution in [0.15, 0.2) is 0 Å². The van der Waals surface area contributed by atoms with Crippen molar-refractivity contribution in [3.05, 3.63) is 0 Å². The fraction of sp³-hybridized carbons (Fsp3) is 0.929. The van der Waals surface area contributed by atoms with Gasteiger partial charge < -0.3 is 14.2 Å². The van der Waals surface area contributed by atoms with Gasteiger partial charge in [0.05, 0.1) is 0 Å². The van der Waals surface area contributed by atoms with Crippen LogP contribution in [0.5, 0.6) is 0 Å². The Morgan fingerprint density at radius 2 is 0.688 bits per heavy atom. The number of hydrogen-bond donors (Lipinski definition) is 0. The van der Waals surface area contributed by atoms with Crippen LogP contribution in [-0.2, 0) is 28.6 Å². The van der Waals surface area contributed by atoms with Crippen molar-refractivity contribution >= 4 is 17.9 Å². The molecule has 0 saturated heterocycles. The SMILES string of the molecule is CCCCCCCC(=O)OC[C@H](COC(=O)CCCCCCCCCCCC(C)C)OC(=O)CCCCCCCCCCCCC(C)C. The average Bonchev–Trinajstić information content (AvgIpc) is 3.04. The molecule has 48 heavy (non-hydrogen) atoms. The Kier molecular flexibility index (Phi) is 34.1. The van der Waals surface area contributed by atoms with Crippen LogP contribution in [0.4, 0.5) is 0 Å². The minimum Gasteiger partial charge on any atom is -0.462 e. The highest BCUT2D eigenvalue weighted by Gasteiger charge is 2.19. The van der Waals surface area contributed by atoms with E-state index in [0.29, 0.717) is 19.3 Å². The zero-order valence-corrected chi connectivity index (χ0v) is 32.6. The minimum atomic E-state index is -0.758. The highest BCUT2D eigenvalue weighted by atomic mass is 16.6. The zero-order chi connectivity index (χ0) is 35.5. The van der Waals surface area contributed by atoms with Crippen LogP contribution < -0.4 is 0 Å². The number of unbranched alkanes of at least 4 members (excludes halogenated alkanes) is 21. The quantitative estimate of drug-likeness (QED) is 0.0372. The van der Waals surface area contributed by atoms with Crippen LogP contribution in [0.1, 0.15) is 221 Å². The predicted molar refractivity (Wildman–Crippen MR) is 201 cm³/mol. The van der Waals surface area contributed by atoms with Crippen LogP contribution in [0.25, 0.3) is 0 Å². The monoisotopic (exact) mass is 681 g/mol. The van der Waals surface area contributed by atoms with Crippen LogP contribution in [0.3, 0.4) is 0 Å². The third-order valence-electron chi connectivity index (χ3n) is 9.22. The summed E-state index contributed by atoms with van der Waals surface area (Å²) in [5.74, 6) is 0.747. The molecule has 0 N–H and O–H groups in total. The molecule has 0 aliphatic rings. The fourth-order valence-corrected chi connectivity index (χ4v) is 6.05. The van der Waals surface area contributed by atoms with E-state index in [1.165, 1.54) is 103 Å². The third kappa shape index (κ3) is 35.7. The Morgan fingerprint density at radius 3 is 1.02 bits per heavy atom. The number of rotatable bonds is 36. The van der Waals surface area contributed by atoms with E-state index in [9.17, 15) is 14.4 Å². The number of esters is 3. The lowest BCUT2D eigenvalue weighted by molar-refractivity contribution is -0.167. The number of carbonyl (C=O) groups excluding carboxylic acids is 3. The minimum absolute atomic E-state index is 0.0668. The summed E-state index contributed by atoms with van der Waals surface area (Å²) in [6, 6.07) is 0. The van der Waals surface area contributed by atoms with E-state index in [2.05, 4.69) is 34.6 Å². The van der Waals surface area contributed by atoms with E-state index in [1.807, 2.05) is 0 Å². The summed E-state index contributed by atoms with van der Waals surface area (Å²) in [7, 11) is 0. The Balaban J connectivity index is 4.25. The number of hydrogen-bond acceptors (Lipinski definition) is 6. The number of carbonyl (C=O) groups is 3. The van der Waals surface area contributed by atoms with E-state index in [-0.39, 0.29) is 31.1 Å². The van der Waals surface area contributed by atoms with Crippen molar-refractivity contribution < 1.29 is 28.6 Å². The molecule has 0 spiro atoms. The van der Waals surface area contributed by atoms with Gasteiger partial charge in [-0.1, -0.05) is 182 Å². The Hall–Kier alpha value is -1.59. The normalized spacial score (nSPS) is 12.1. The lowest BCUT2D eigenvalue weighted by Gasteiger charge is -2.18. The second-order valence-electron chi connectivity index (χ2n) is 15.2. The molecule has 0 aromatic heterocycles. The highest BCUT2D eigenvalue weighted by molar-refractivity contribution is 5.71. The van der Waals surface area contributed by atoms with Gasteiger partial charge in [0, 0.05) is 19.3 Å². The maximum Gasteiger partial charge on any atom is 0.306 e. The van der Waals surface area contributed by atoms with Crippen molar-refractivity contribution in [2.75, 3.05) is 13.2 Å². The van der Waals surface area contributed by atoms with Crippen molar-refractivity contribution in [3.8, 4) is 0 Å². The molecule has 0 aliphatic heterocycles. The molecule has 0 aliphatic carbocycles. The van der Waals surface area contributed by atoms with E-state index in [1.54, 1.807) is 0 Å². The molecule has 0 aromatic rings. The first-order chi connectivity index (χ1) is 23.2. The largest absolute Gasteiger partial charge is 0.462 e. The molecule has 0 rings (SSSR count). The van der Waals surface area contributed by atoms with Gasteiger partial charge in [0.1, 0.15) is 13.2 Å². The topological polar surface area (TPSA) is 78.9 Å². The van der Waals surface area contributed by atoms with Crippen LogP contribution in [0, 0.1) is 11.8 Å². The van der Waals surface area contributed by atoms with Gasteiger partial charge in [0.25, 0.3) is 0 Å². The summed E-state index contributed by atoms with van der Waals surface area (Å²) < 4.78 is 16.6. The second kappa shape index (κ2) is 35.2. The lowest BCUT2D eigenvalue weighted by atomic mass is 10.0. The molecule has 284 valence electrons. The molecular formula is C42H80O6. The van der Waals surface area contributed by atoms with Gasteiger partial charge in [-0.2, -0.15) is 0 Å². The van der Waals surface area contributed by atoms with Crippen molar-refractivity contribution in [2.24, 2.45) is 11.8 Å². The summed E-state index contributed by atoms with van der Waals surface area (Å²) in [4.78, 5) is 37.3. The summed E-state index contributed by atoms with van der Waals surface area (Å²) in [6.45, 7) is 11.2. The van der Waals surface area contributed by atoms with Gasteiger partial charge >= 0.3 is 17.9 Å². The summed E-state index contributed by atoms with van der Waals surface area (Å²) in [5, 5.41) is 0. The van der Waals surface area contributed by atoms with Gasteiger partial charge in [-0.15, -0.1) is 0 Å². The Morgan fingerprint density at radius 1 is 0.396 bits per heavy atom. The van der Waals surface area contributed by atoms with Gasteiger partial charge in [-0.05, 0) is 31.1 Å². The van der Waals surface area contributed by atoms with Crippen molar-refractivity contribution in [2.45, 2.75) is 227 Å². The van der Waals surface area contributed by atoms with Crippen molar-refractivity contribution in [3.63, 3.8) is 0 Å². The van der Waals surface area contributed by atoms with Crippen LogP contribution >= 0.6 is 0 Å². The first-order valence-electron chi connectivity index (χ1n) is 20.7. The molecule has 0 radical (unpaired) electrons. The number of ether oxygens (including phenoxy) is 3. The molecule has 0 heterocycles. The molecule has 0 bridgehead atoms. The van der Waals surface area contributed by atoms with E-state index >= 15 is 0 Å². The smallest absolute Gasteiger partial charge is 0.306 e. The molecule has 0 saturated carbocycles. The molecule has 6 heteroatoms. The Bertz CT molecular complexity index is 734. The first kappa shape index (κ1) is 46.4. The maximum atomic E-state index is 12.6. The van der Waals surface area contributed by atoms with Crippen molar-refractivity contribution in [1.82, 2.24) is 0 Å². The standard InChI is InChI=1S/C42H80O6/c1-6-7-8-20-27-32-40(43)46-35-39(36-47-41(44)33-28-23-18-15-11-13-17-22-26-31-38(4)5)48-42(45)34-29-24-19-14-10-9-12-16-21-25-30-37(2)3/h37-39H,6-36H2,1-5H3/t39-/m1/s1. The van der Waals surface area contributed by atoms with E-state index < -0.39 is 6.10 Å². The van der Waals surface area contributed by atoms with Gasteiger partial charge in [0.2, 0.25) is 0 Å². The maximum absolute atomic E-state index is 12.6. The van der Waals surface area contributed by atoms with Crippen LogP contribution in [-0.4, -0.2) is 37.2 Å². The van der Waals surface area contributed by atoms with Gasteiger partial charge in [0.15, 0.2) is 6.10 Å². The molecule has 0 aromatic carbocycles.